The second-order valence-electron chi connectivity index (χ2n) is 9.21. The molecule has 3 N–H and O–H groups in total. The number of ether oxygens (including phenoxy) is 2. The van der Waals surface area contributed by atoms with Crippen molar-refractivity contribution in [3.8, 4) is 11.5 Å². The monoisotopic (exact) mass is 608 g/mol. The molecule has 0 saturated heterocycles. The topological polar surface area (TPSA) is 118 Å². The fourth-order valence-corrected chi connectivity index (χ4v) is 4.06. The van der Waals surface area contributed by atoms with Gasteiger partial charge in [-0.25, -0.2) is 5.43 Å². The molecule has 0 fully saturated rings. The fourth-order valence-electron chi connectivity index (χ4n) is 3.59. The van der Waals surface area contributed by atoms with Crippen LogP contribution in [0.5, 0.6) is 11.5 Å². The summed E-state index contributed by atoms with van der Waals surface area (Å²) in [4.78, 5) is 36.6. The number of hydrazone groups is 1. The molecule has 3 aromatic rings. The van der Waals surface area contributed by atoms with Crippen molar-refractivity contribution in [2.24, 2.45) is 5.10 Å². The van der Waals surface area contributed by atoms with Gasteiger partial charge in [-0.05, 0) is 78.4 Å². The lowest BCUT2D eigenvalue weighted by molar-refractivity contribution is -0.139. The average Bonchev–Trinajstić information content (AvgIpc) is 2.93. The maximum Gasteiger partial charge on any atom is 0.329 e. The highest BCUT2D eigenvalue weighted by Gasteiger charge is 2.13. The summed E-state index contributed by atoms with van der Waals surface area (Å²) < 4.78 is 12.3. The summed E-state index contributed by atoms with van der Waals surface area (Å²) in [6.07, 6.45) is 1.38. The molecule has 0 heterocycles. The van der Waals surface area contributed by atoms with Crippen LogP contribution in [0.25, 0.3) is 0 Å². The van der Waals surface area contributed by atoms with E-state index in [1.54, 1.807) is 18.2 Å². The lowest BCUT2D eigenvalue weighted by Gasteiger charge is -2.13. The molecule has 10 heteroatoms. The molecule has 0 saturated carbocycles. The Labute approximate surface area is 242 Å². The number of nitrogens with one attached hydrogen (secondary N) is 3. The van der Waals surface area contributed by atoms with Gasteiger partial charge in [0.15, 0.2) is 18.1 Å². The third kappa shape index (κ3) is 9.23. The molecule has 0 radical (unpaired) electrons. The van der Waals surface area contributed by atoms with Crippen molar-refractivity contribution < 1.29 is 23.9 Å². The molecule has 210 valence electrons. The number of benzene rings is 3. The number of anilines is 1. The third-order valence-corrected chi connectivity index (χ3v) is 6.27. The maximum absolute atomic E-state index is 12.4. The lowest BCUT2D eigenvalue weighted by Crippen LogP contribution is -2.37. The highest BCUT2D eigenvalue weighted by atomic mass is 79.9. The van der Waals surface area contributed by atoms with Gasteiger partial charge in [0.1, 0.15) is 0 Å². The first-order valence-corrected chi connectivity index (χ1v) is 13.6. The van der Waals surface area contributed by atoms with Gasteiger partial charge >= 0.3 is 11.8 Å². The molecular formula is C30H33BrN4O5. The van der Waals surface area contributed by atoms with Crippen LogP contribution in [0.1, 0.15) is 48.9 Å². The Bertz CT molecular complexity index is 1370. The molecular weight excluding hydrogens is 576 g/mol. The molecule has 0 bridgehead atoms. The Kier molecular flexibility index (Phi) is 11.3. The van der Waals surface area contributed by atoms with E-state index in [1.165, 1.54) is 11.8 Å². The van der Waals surface area contributed by atoms with Gasteiger partial charge in [0.05, 0.1) is 12.8 Å². The normalized spacial score (nSPS) is 10.8. The molecule has 3 rings (SSSR count). The van der Waals surface area contributed by atoms with E-state index in [0.717, 1.165) is 15.6 Å². The molecule has 9 nitrogen and oxygen atoms in total. The summed E-state index contributed by atoms with van der Waals surface area (Å²) in [5, 5.41) is 9.27. The van der Waals surface area contributed by atoms with Gasteiger partial charge in [-0.15, -0.1) is 0 Å². The van der Waals surface area contributed by atoms with Crippen LogP contribution in [-0.4, -0.2) is 37.1 Å². The predicted octanol–water partition coefficient (Wildman–Crippen LogP) is 5.06. The highest BCUT2D eigenvalue weighted by Crippen LogP contribution is 2.28. The van der Waals surface area contributed by atoms with E-state index in [-0.39, 0.29) is 19.1 Å². The largest absolute Gasteiger partial charge is 0.490 e. The van der Waals surface area contributed by atoms with Gasteiger partial charge in [-0.1, -0.05) is 54.0 Å². The molecule has 0 aliphatic heterocycles. The van der Waals surface area contributed by atoms with Crippen molar-refractivity contribution in [1.82, 2.24) is 10.7 Å². The standard InChI is InChI=1S/C30H33BrN4O5/c1-5-39-27-15-22(8-13-26(27)40-18-28(36)34-25-12-11-24(31)14-20(25)4)17-33-35-30(38)29(37)32-16-21-6-9-23(10-7-21)19(2)3/h6-15,17,19H,5,16,18H2,1-4H3,(H,32,37)(H,34,36)(H,35,38)/b33-17-. The van der Waals surface area contributed by atoms with Crippen LogP contribution in [-0.2, 0) is 20.9 Å². The second-order valence-corrected chi connectivity index (χ2v) is 10.1. The Hall–Kier alpha value is -4.18. The smallest absolute Gasteiger partial charge is 0.329 e. The number of hydrogen-bond acceptors (Lipinski definition) is 6. The first-order chi connectivity index (χ1) is 19.2. The molecule has 0 atom stereocenters. The Morgan fingerprint density at radius 3 is 2.38 bits per heavy atom. The molecule has 0 aliphatic carbocycles. The number of aryl methyl sites for hydroxylation is 1. The van der Waals surface area contributed by atoms with Crippen molar-refractivity contribution in [2.75, 3.05) is 18.5 Å². The second kappa shape index (κ2) is 14.8. The van der Waals surface area contributed by atoms with E-state index in [2.05, 4.69) is 50.9 Å². The quantitative estimate of drug-likeness (QED) is 0.160. The summed E-state index contributed by atoms with van der Waals surface area (Å²) in [5.74, 6) is -0.780. The molecule has 0 spiro atoms. The van der Waals surface area contributed by atoms with Crippen molar-refractivity contribution in [3.63, 3.8) is 0 Å². The van der Waals surface area contributed by atoms with E-state index < -0.39 is 11.8 Å². The van der Waals surface area contributed by atoms with Gasteiger partial charge in [0, 0.05) is 16.7 Å². The minimum Gasteiger partial charge on any atom is -0.490 e. The van der Waals surface area contributed by atoms with Crippen molar-refractivity contribution in [2.45, 2.75) is 40.2 Å². The van der Waals surface area contributed by atoms with Crippen LogP contribution in [0.15, 0.2) is 70.2 Å². The molecule has 3 amide bonds. The summed E-state index contributed by atoms with van der Waals surface area (Å²) in [7, 11) is 0. The number of amides is 3. The van der Waals surface area contributed by atoms with Crippen LogP contribution >= 0.6 is 15.9 Å². The molecule has 0 aliphatic rings. The van der Waals surface area contributed by atoms with Crippen LogP contribution in [0.3, 0.4) is 0 Å². The SMILES string of the molecule is CCOc1cc(/C=N\NC(=O)C(=O)NCc2ccc(C(C)C)cc2)ccc1OCC(=O)Nc1ccc(Br)cc1C. The molecule has 0 aromatic heterocycles. The van der Waals surface area contributed by atoms with Gasteiger partial charge in [-0.2, -0.15) is 5.10 Å². The van der Waals surface area contributed by atoms with E-state index in [9.17, 15) is 14.4 Å². The van der Waals surface area contributed by atoms with Crippen molar-refractivity contribution >= 4 is 45.6 Å². The zero-order valence-corrected chi connectivity index (χ0v) is 24.5. The number of hydrogen-bond donors (Lipinski definition) is 3. The van der Waals surface area contributed by atoms with Gasteiger partial charge in [0.25, 0.3) is 5.91 Å². The van der Waals surface area contributed by atoms with E-state index in [1.807, 2.05) is 56.3 Å². The number of halogens is 1. The zero-order valence-electron chi connectivity index (χ0n) is 22.9. The van der Waals surface area contributed by atoms with Crippen LogP contribution in [0.2, 0.25) is 0 Å². The van der Waals surface area contributed by atoms with Gasteiger partial charge < -0.3 is 20.1 Å². The third-order valence-electron chi connectivity index (χ3n) is 5.77. The van der Waals surface area contributed by atoms with E-state index >= 15 is 0 Å². The number of carbonyl (C=O) groups excluding carboxylic acids is 3. The minimum absolute atomic E-state index is 0.212. The summed E-state index contributed by atoms with van der Waals surface area (Å²) in [6, 6.07) is 18.4. The lowest BCUT2D eigenvalue weighted by atomic mass is 10.0. The minimum atomic E-state index is -0.882. The van der Waals surface area contributed by atoms with Crippen LogP contribution in [0.4, 0.5) is 5.69 Å². The Morgan fingerprint density at radius 1 is 0.950 bits per heavy atom. The first-order valence-electron chi connectivity index (χ1n) is 12.8. The number of carbonyl (C=O) groups is 3. The van der Waals surface area contributed by atoms with Gasteiger partial charge in [-0.3, -0.25) is 14.4 Å². The van der Waals surface area contributed by atoms with Gasteiger partial charge in [0.2, 0.25) is 0 Å². The number of rotatable bonds is 11. The van der Waals surface area contributed by atoms with Crippen LogP contribution in [0, 0.1) is 6.92 Å². The summed E-state index contributed by atoms with van der Waals surface area (Å²) >= 11 is 3.40. The van der Waals surface area contributed by atoms with Crippen molar-refractivity contribution in [3.05, 3.63) is 87.4 Å². The highest BCUT2D eigenvalue weighted by molar-refractivity contribution is 9.10. The van der Waals surface area contributed by atoms with E-state index in [0.29, 0.717) is 35.3 Å². The summed E-state index contributed by atoms with van der Waals surface area (Å²) in [5.41, 5.74) is 6.52. The van der Waals surface area contributed by atoms with Crippen molar-refractivity contribution in [1.29, 1.82) is 0 Å². The molecule has 0 unspecified atom stereocenters. The maximum atomic E-state index is 12.4. The Morgan fingerprint density at radius 2 is 1.70 bits per heavy atom. The van der Waals surface area contributed by atoms with E-state index in [4.69, 9.17) is 9.47 Å². The first kappa shape index (κ1) is 30.4. The Balaban J connectivity index is 1.51. The number of nitrogens with zero attached hydrogens (tertiary/aromatic N) is 1. The predicted molar refractivity (Wildman–Crippen MR) is 159 cm³/mol. The summed E-state index contributed by atoms with van der Waals surface area (Å²) in [6.45, 7) is 8.33. The van der Waals surface area contributed by atoms with Crippen LogP contribution < -0.4 is 25.5 Å². The average molecular weight is 610 g/mol. The zero-order chi connectivity index (χ0) is 29.1. The molecule has 40 heavy (non-hydrogen) atoms. The molecule has 3 aromatic carbocycles. The fraction of sp³-hybridized carbons (Fsp3) is 0.267.